The van der Waals surface area contributed by atoms with E-state index in [1.54, 1.807) is 19.9 Å². The topological polar surface area (TPSA) is 82.7 Å². The van der Waals surface area contributed by atoms with Gasteiger partial charge in [-0.1, -0.05) is 13.8 Å². The van der Waals surface area contributed by atoms with Crippen LogP contribution >= 0.6 is 0 Å². The molecule has 0 saturated carbocycles. The molecule has 2 atom stereocenters. The largest absolute Gasteiger partial charge is 0.466 e. The Bertz CT molecular complexity index is 462. The molecule has 5 heteroatoms. The molecule has 0 aliphatic carbocycles. The highest BCUT2D eigenvalue weighted by atomic mass is 16.3. The second-order valence-electron chi connectivity index (χ2n) is 5.89. The van der Waals surface area contributed by atoms with E-state index in [1.807, 2.05) is 20.8 Å². The Hall–Kier alpha value is -1.33. The molecule has 0 aliphatic heterocycles. The molecule has 0 saturated heterocycles. The number of nitrogens with one attached hydrogen (secondary N) is 1. The average molecular weight is 283 g/mol. The summed E-state index contributed by atoms with van der Waals surface area (Å²) in [5.74, 6) is 1.12. The molecule has 1 heterocycles. The standard InChI is InChI=1S/C15H25NO4/c1-9(2)13(17)7-14(18)16-8-15(5,19)12-6-10(3)20-11(12)4/h6,9,13,17,19H,7-8H2,1-5H3,(H,16,18). The molecule has 1 rings (SSSR count). The van der Waals surface area contributed by atoms with Crippen LogP contribution in [0.2, 0.25) is 0 Å². The van der Waals surface area contributed by atoms with Crippen LogP contribution in [0.3, 0.4) is 0 Å². The number of rotatable bonds is 6. The Morgan fingerprint density at radius 1 is 1.45 bits per heavy atom. The minimum absolute atomic E-state index is 0.0278. The van der Waals surface area contributed by atoms with Crippen LogP contribution in [0.15, 0.2) is 10.5 Å². The summed E-state index contributed by atoms with van der Waals surface area (Å²) in [4.78, 5) is 11.7. The minimum Gasteiger partial charge on any atom is -0.466 e. The zero-order valence-corrected chi connectivity index (χ0v) is 12.9. The van der Waals surface area contributed by atoms with Crippen molar-refractivity contribution in [1.82, 2.24) is 5.32 Å². The Morgan fingerprint density at radius 2 is 2.05 bits per heavy atom. The van der Waals surface area contributed by atoms with E-state index in [-0.39, 0.29) is 24.8 Å². The fourth-order valence-electron chi connectivity index (χ4n) is 2.03. The summed E-state index contributed by atoms with van der Waals surface area (Å²) < 4.78 is 5.39. The van der Waals surface area contributed by atoms with Gasteiger partial charge in [-0.25, -0.2) is 0 Å². The first-order chi connectivity index (χ1) is 9.13. The van der Waals surface area contributed by atoms with Crippen LogP contribution in [-0.4, -0.2) is 28.8 Å². The average Bonchev–Trinajstić information content (AvgIpc) is 2.66. The zero-order valence-electron chi connectivity index (χ0n) is 12.9. The van der Waals surface area contributed by atoms with Crippen molar-refractivity contribution >= 4 is 5.91 Å². The molecule has 1 amide bonds. The fraction of sp³-hybridized carbons (Fsp3) is 0.667. The molecule has 2 unspecified atom stereocenters. The van der Waals surface area contributed by atoms with Crippen molar-refractivity contribution < 1.29 is 19.4 Å². The Labute approximate surface area is 120 Å². The van der Waals surface area contributed by atoms with Crippen LogP contribution in [-0.2, 0) is 10.4 Å². The second kappa shape index (κ2) is 6.41. The molecule has 3 N–H and O–H groups in total. The first-order valence-electron chi connectivity index (χ1n) is 6.88. The molecular formula is C15H25NO4. The molecule has 0 radical (unpaired) electrons. The summed E-state index contributed by atoms with van der Waals surface area (Å²) in [5, 5.41) is 22.7. The first-order valence-corrected chi connectivity index (χ1v) is 6.88. The molecule has 0 fully saturated rings. The summed E-state index contributed by atoms with van der Waals surface area (Å²) in [5.41, 5.74) is -0.528. The Balaban J connectivity index is 2.60. The molecule has 1 aromatic rings. The van der Waals surface area contributed by atoms with E-state index >= 15 is 0 Å². The summed E-state index contributed by atoms with van der Waals surface area (Å²) in [6.45, 7) is 9.00. The van der Waals surface area contributed by atoms with Gasteiger partial charge in [0.1, 0.15) is 17.1 Å². The predicted molar refractivity (Wildman–Crippen MR) is 76.2 cm³/mol. The van der Waals surface area contributed by atoms with Crippen LogP contribution < -0.4 is 5.32 Å². The van der Waals surface area contributed by atoms with Crippen molar-refractivity contribution in [2.75, 3.05) is 6.54 Å². The van der Waals surface area contributed by atoms with E-state index in [0.717, 1.165) is 5.76 Å². The van der Waals surface area contributed by atoms with Gasteiger partial charge < -0.3 is 19.9 Å². The highest BCUT2D eigenvalue weighted by Crippen LogP contribution is 2.26. The predicted octanol–water partition coefficient (Wildman–Crippen LogP) is 1.63. The van der Waals surface area contributed by atoms with Crippen LogP contribution in [0, 0.1) is 19.8 Å². The molecule has 1 aromatic heterocycles. The minimum atomic E-state index is -1.19. The third kappa shape index (κ3) is 4.35. The van der Waals surface area contributed by atoms with Crippen LogP contribution in [0.1, 0.15) is 44.3 Å². The van der Waals surface area contributed by atoms with E-state index in [4.69, 9.17) is 4.42 Å². The van der Waals surface area contributed by atoms with E-state index in [9.17, 15) is 15.0 Å². The Kier molecular flexibility index (Phi) is 5.36. The Morgan fingerprint density at radius 3 is 2.50 bits per heavy atom. The number of aliphatic hydroxyl groups excluding tert-OH is 1. The van der Waals surface area contributed by atoms with E-state index in [0.29, 0.717) is 11.3 Å². The van der Waals surface area contributed by atoms with Crippen LogP contribution in [0.25, 0.3) is 0 Å². The molecule has 0 spiro atoms. The number of hydrogen-bond donors (Lipinski definition) is 3. The van der Waals surface area contributed by atoms with Gasteiger partial charge in [0.25, 0.3) is 0 Å². The van der Waals surface area contributed by atoms with E-state index in [2.05, 4.69) is 5.32 Å². The van der Waals surface area contributed by atoms with Gasteiger partial charge in [0.2, 0.25) is 5.91 Å². The van der Waals surface area contributed by atoms with Gasteiger partial charge in [-0.05, 0) is 32.8 Å². The lowest BCUT2D eigenvalue weighted by molar-refractivity contribution is -0.124. The summed E-state index contributed by atoms with van der Waals surface area (Å²) >= 11 is 0. The summed E-state index contributed by atoms with van der Waals surface area (Å²) in [6, 6.07) is 1.77. The third-order valence-corrected chi connectivity index (χ3v) is 3.42. The maximum atomic E-state index is 11.7. The smallest absolute Gasteiger partial charge is 0.222 e. The number of amides is 1. The summed E-state index contributed by atoms with van der Waals surface area (Å²) in [7, 11) is 0. The van der Waals surface area contributed by atoms with Gasteiger partial charge in [0.15, 0.2) is 0 Å². The molecule has 5 nitrogen and oxygen atoms in total. The molecule has 20 heavy (non-hydrogen) atoms. The van der Waals surface area contributed by atoms with Gasteiger partial charge in [-0.3, -0.25) is 4.79 Å². The summed E-state index contributed by atoms with van der Waals surface area (Å²) in [6.07, 6.45) is -0.630. The van der Waals surface area contributed by atoms with Crippen molar-refractivity contribution in [3.63, 3.8) is 0 Å². The van der Waals surface area contributed by atoms with Gasteiger partial charge in [-0.15, -0.1) is 0 Å². The molecule has 0 aliphatic rings. The first kappa shape index (κ1) is 16.7. The molecule has 114 valence electrons. The van der Waals surface area contributed by atoms with Crippen molar-refractivity contribution in [2.45, 2.75) is 52.7 Å². The van der Waals surface area contributed by atoms with Crippen LogP contribution in [0.4, 0.5) is 0 Å². The van der Waals surface area contributed by atoms with Gasteiger partial charge in [-0.2, -0.15) is 0 Å². The molecule has 0 aromatic carbocycles. The number of aryl methyl sites for hydroxylation is 2. The number of carbonyl (C=O) groups is 1. The lowest BCUT2D eigenvalue weighted by Crippen LogP contribution is -2.40. The van der Waals surface area contributed by atoms with Crippen molar-refractivity contribution in [3.8, 4) is 0 Å². The van der Waals surface area contributed by atoms with Crippen molar-refractivity contribution in [3.05, 3.63) is 23.2 Å². The monoisotopic (exact) mass is 283 g/mol. The second-order valence-corrected chi connectivity index (χ2v) is 5.89. The normalized spacial score (nSPS) is 16.0. The molecule has 0 bridgehead atoms. The number of aliphatic hydroxyl groups is 2. The maximum absolute atomic E-state index is 11.7. The van der Waals surface area contributed by atoms with Crippen molar-refractivity contribution in [2.24, 2.45) is 5.92 Å². The number of furan rings is 1. The molecular weight excluding hydrogens is 258 g/mol. The van der Waals surface area contributed by atoms with E-state index in [1.165, 1.54) is 0 Å². The lowest BCUT2D eigenvalue weighted by atomic mass is 9.96. The SMILES string of the molecule is Cc1cc(C(C)(O)CNC(=O)CC(O)C(C)C)c(C)o1. The van der Waals surface area contributed by atoms with Gasteiger partial charge in [0, 0.05) is 5.56 Å². The lowest BCUT2D eigenvalue weighted by Gasteiger charge is -2.24. The zero-order chi connectivity index (χ0) is 15.5. The number of carbonyl (C=O) groups excluding carboxylic acids is 1. The van der Waals surface area contributed by atoms with Gasteiger partial charge in [0.05, 0.1) is 19.1 Å². The quantitative estimate of drug-likeness (QED) is 0.741. The van der Waals surface area contributed by atoms with Crippen molar-refractivity contribution in [1.29, 1.82) is 0 Å². The third-order valence-electron chi connectivity index (χ3n) is 3.42. The van der Waals surface area contributed by atoms with Gasteiger partial charge >= 0.3 is 0 Å². The highest BCUT2D eigenvalue weighted by Gasteiger charge is 2.28. The fourth-order valence-corrected chi connectivity index (χ4v) is 2.03. The maximum Gasteiger partial charge on any atom is 0.222 e. The van der Waals surface area contributed by atoms with E-state index < -0.39 is 11.7 Å². The number of hydrogen-bond acceptors (Lipinski definition) is 4. The van der Waals surface area contributed by atoms with Crippen LogP contribution in [0.5, 0.6) is 0 Å². The highest BCUT2D eigenvalue weighted by molar-refractivity contribution is 5.76.